The van der Waals surface area contributed by atoms with Gasteiger partial charge in [0.15, 0.2) is 6.61 Å². The van der Waals surface area contributed by atoms with Crippen LogP contribution < -0.4 is 10.1 Å². The standard InChI is InChI=1S/C16H25NO2S.C11H15FO2/c1-3-13(12-20)10-15(4-2)19-11-16(18)17-14-8-6-5-7-9-14;12-9-10-4-3-5-11(8-10)14-7-2-1-6-13/h3-4,10,14,20H,1,5-9,11-12H2,2H3,(H,17,18);3-5,8,13H,1-2,6-7,9H2/b13-10+,15-4+;. The van der Waals surface area contributed by atoms with Gasteiger partial charge in [0.1, 0.15) is 18.2 Å². The van der Waals surface area contributed by atoms with E-state index in [1.165, 1.54) is 19.3 Å². The second-order valence-electron chi connectivity index (χ2n) is 8.02. The summed E-state index contributed by atoms with van der Waals surface area (Å²) in [6.07, 6.45) is 12.9. The van der Waals surface area contributed by atoms with Crippen molar-refractivity contribution in [1.29, 1.82) is 0 Å². The van der Waals surface area contributed by atoms with Gasteiger partial charge >= 0.3 is 0 Å². The van der Waals surface area contributed by atoms with E-state index < -0.39 is 6.67 Å². The van der Waals surface area contributed by atoms with Gasteiger partial charge in [-0.25, -0.2) is 4.39 Å². The monoisotopic (exact) mass is 493 g/mol. The number of carbonyl (C=O) groups excluding carboxylic acids is 1. The fourth-order valence-corrected chi connectivity index (χ4v) is 3.57. The fraction of sp³-hybridized carbons (Fsp3) is 0.519. The molecule has 0 unspecified atom stereocenters. The van der Waals surface area contributed by atoms with Crippen molar-refractivity contribution >= 4 is 18.5 Å². The Balaban J connectivity index is 0.000000362. The van der Waals surface area contributed by atoms with Crippen LogP contribution in [0.15, 0.2) is 60.4 Å². The number of ether oxygens (including phenoxy) is 2. The van der Waals surface area contributed by atoms with Crippen molar-refractivity contribution in [2.24, 2.45) is 0 Å². The number of alkyl halides is 1. The van der Waals surface area contributed by atoms with E-state index in [2.05, 4.69) is 24.5 Å². The molecule has 1 aromatic carbocycles. The molecule has 0 atom stereocenters. The van der Waals surface area contributed by atoms with Crippen LogP contribution in [0.25, 0.3) is 0 Å². The molecule has 0 aliphatic heterocycles. The molecule has 190 valence electrons. The average Bonchev–Trinajstić information content (AvgIpc) is 2.88. The Bertz CT molecular complexity index is 776. The molecule has 1 saturated carbocycles. The highest BCUT2D eigenvalue weighted by atomic mass is 32.1. The zero-order valence-corrected chi connectivity index (χ0v) is 21.2. The Morgan fingerprint density at radius 2 is 2.06 bits per heavy atom. The maximum absolute atomic E-state index is 12.3. The van der Waals surface area contributed by atoms with Crippen molar-refractivity contribution in [3.63, 3.8) is 0 Å². The van der Waals surface area contributed by atoms with Crippen LogP contribution in [0.2, 0.25) is 0 Å². The maximum Gasteiger partial charge on any atom is 0.258 e. The van der Waals surface area contributed by atoms with Crippen molar-refractivity contribution in [3.8, 4) is 5.75 Å². The zero-order valence-electron chi connectivity index (χ0n) is 20.3. The number of carbonyl (C=O) groups is 1. The van der Waals surface area contributed by atoms with E-state index in [1.807, 2.05) is 19.1 Å². The minimum absolute atomic E-state index is 0.0457. The fourth-order valence-electron chi connectivity index (χ4n) is 3.35. The molecule has 7 heteroatoms. The van der Waals surface area contributed by atoms with Gasteiger partial charge in [0.05, 0.1) is 6.61 Å². The summed E-state index contributed by atoms with van der Waals surface area (Å²) in [5.41, 5.74) is 1.60. The number of allylic oxidation sites excluding steroid dienone is 3. The number of aliphatic hydroxyl groups is 1. The lowest BCUT2D eigenvalue weighted by atomic mass is 9.95. The normalized spacial score (nSPS) is 14.6. The number of amides is 1. The van der Waals surface area contributed by atoms with Gasteiger partial charge in [0, 0.05) is 18.4 Å². The molecule has 1 fully saturated rings. The van der Waals surface area contributed by atoms with Crippen LogP contribution in [0.4, 0.5) is 4.39 Å². The molecule has 5 nitrogen and oxygen atoms in total. The minimum atomic E-state index is -0.464. The lowest BCUT2D eigenvalue weighted by molar-refractivity contribution is -0.125. The molecule has 34 heavy (non-hydrogen) atoms. The quantitative estimate of drug-likeness (QED) is 0.143. The van der Waals surface area contributed by atoms with Crippen molar-refractivity contribution in [2.75, 3.05) is 25.6 Å². The summed E-state index contributed by atoms with van der Waals surface area (Å²) >= 11 is 4.20. The number of unbranched alkanes of at least 4 members (excludes halogenated alkanes) is 1. The Morgan fingerprint density at radius 1 is 1.29 bits per heavy atom. The number of nitrogens with one attached hydrogen (secondary N) is 1. The van der Waals surface area contributed by atoms with Gasteiger partial charge in [-0.2, -0.15) is 12.6 Å². The van der Waals surface area contributed by atoms with Crippen molar-refractivity contribution < 1.29 is 23.8 Å². The van der Waals surface area contributed by atoms with E-state index in [0.717, 1.165) is 31.3 Å². The minimum Gasteiger partial charge on any atom is -0.494 e. The molecular formula is C27H40FNO4S. The number of aliphatic hydroxyl groups excluding tert-OH is 1. The van der Waals surface area contributed by atoms with Crippen LogP contribution >= 0.6 is 12.6 Å². The highest BCUT2D eigenvalue weighted by Crippen LogP contribution is 2.17. The highest BCUT2D eigenvalue weighted by molar-refractivity contribution is 7.80. The van der Waals surface area contributed by atoms with Gasteiger partial charge in [-0.15, -0.1) is 0 Å². The molecule has 1 aliphatic rings. The van der Waals surface area contributed by atoms with Crippen LogP contribution in [-0.4, -0.2) is 42.6 Å². The first-order chi connectivity index (χ1) is 16.6. The van der Waals surface area contributed by atoms with Crippen molar-refractivity contribution in [2.45, 2.75) is 64.6 Å². The Morgan fingerprint density at radius 3 is 2.68 bits per heavy atom. The van der Waals surface area contributed by atoms with Gasteiger partial charge in [-0.3, -0.25) is 4.79 Å². The second kappa shape index (κ2) is 19.1. The molecule has 2 rings (SSSR count). The number of benzene rings is 1. The molecule has 0 bridgehead atoms. The lowest BCUT2D eigenvalue weighted by Gasteiger charge is -2.22. The maximum atomic E-state index is 12.3. The van der Waals surface area contributed by atoms with Gasteiger partial charge in [-0.1, -0.05) is 44.1 Å². The summed E-state index contributed by atoms with van der Waals surface area (Å²) in [4.78, 5) is 11.8. The molecule has 0 radical (unpaired) electrons. The molecule has 2 N–H and O–H groups in total. The first kappa shape index (κ1) is 29.8. The van der Waals surface area contributed by atoms with Crippen LogP contribution in [0.1, 0.15) is 57.4 Å². The number of rotatable bonds is 13. The number of halogens is 1. The number of hydrogen-bond acceptors (Lipinski definition) is 5. The van der Waals surface area contributed by atoms with Crippen LogP contribution in [-0.2, 0) is 16.2 Å². The third-order valence-electron chi connectivity index (χ3n) is 5.27. The van der Waals surface area contributed by atoms with Crippen molar-refractivity contribution in [3.05, 3.63) is 66.0 Å². The van der Waals surface area contributed by atoms with E-state index in [-0.39, 0.29) is 19.1 Å². The smallest absolute Gasteiger partial charge is 0.258 e. The SMILES string of the molecule is C=C/C(=C\C(=C/C)OCC(=O)NC1CCCCC1)CS.OCCCCOc1cccc(CF)c1. The van der Waals surface area contributed by atoms with Gasteiger partial charge in [-0.05, 0) is 68.0 Å². The van der Waals surface area contributed by atoms with Gasteiger partial charge in [0.25, 0.3) is 5.91 Å². The third kappa shape index (κ3) is 13.5. The summed E-state index contributed by atoms with van der Waals surface area (Å²) in [6, 6.07) is 7.32. The molecular weight excluding hydrogens is 453 g/mol. The predicted octanol–water partition coefficient (Wildman–Crippen LogP) is 5.71. The van der Waals surface area contributed by atoms with Crippen LogP contribution in [0.5, 0.6) is 5.75 Å². The third-order valence-corrected chi connectivity index (χ3v) is 5.64. The Hall–Kier alpha value is -2.25. The first-order valence-electron chi connectivity index (χ1n) is 12.0. The summed E-state index contributed by atoms with van der Waals surface area (Å²) in [5, 5.41) is 11.6. The summed E-state index contributed by atoms with van der Waals surface area (Å²) in [5.74, 6) is 1.92. The summed E-state index contributed by atoms with van der Waals surface area (Å²) < 4.78 is 23.2. The molecule has 0 saturated heterocycles. The summed E-state index contributed by atoms with van der Waals surface area (Å²) in [7, 11) is 0. The molecule has 1 aliphatic carbocycles. The Labute approximate surface area is 209 Å². The molecule has 0 spiro atoms. The molecule has 1 amide bonds. The molecule has 1 aromatic rings. The van der Waals surface area contributed by atoms with E-state index in [1.54, 1.807) is 30.3 Å². The highest BCUT2D eigenvalue weighted by Gasteiger charge is 2.15. The first-order valence-corrected chi connectivity index (χ1v) is 12.6. The van der Waals surface area contributed by atoms with E-state index >= 15 is 0 Å². The largest absolute Gasteiger partial charge is 0.494 e. The van der Waals surface area contributed by atoms with Gasteiger partial charge < -0.3 is 19.9 Å². The summed E-state index contributed by atoms with van der Waals surface area (Å²) in [6.45, 7) is 5.94. The number of hydrogen-bond donors (Lipinski definition) is 3. The van der Waals surface area contributed by atoms with E-state index in [9.17, 15) is 9.18 Å². The van der Waals surface area contributed by atoms with E-state index in [4.69, 9.17) is 14.6 Å². The Kier molecular flexibility index (Phi) is 16.7. The second-order valence-corrected chi connectivity index (χ2v) is 8.34. The zero-order chi connectivity index (χ0) is 25.0. The topological polar surface area (TPSA) is 67.8 Å². The lowest BCUT2D eigenvalue weighted by Crippen LogP contribution is -2.38. The van der Waals surface area contributed by atoms with Crippen molar-refractivity contribution in [1.82, 2.24) is 5.32 Å². The molecule has 0 heterocycles. The molecule has 0 aromatic heterocycles. The number of thiol groups is 1. The average molecular weight is 494 g/mol. The van der Waals surface area contributed by atoms with E-state index in [0.29, 0.717) is 35.5 Å². The van der Waals surface area contributed by atoms with Gasteiger partial charge in [0.2, 0.25) is 0 Å². The predicted molar refractivity (Wildman–Crippen MR) is 140 cm³/mol. The van der Waals surface area contributed by atoms with Crippen LogP contribution in [0.3, 0.4) is 0 Å². The van der Waals surface area contributed by atoms with Crippen LogP contribution in [0, 0.1) is 0 Å².